The summed E-state index contributed by atoms with van der Waals surface area (Å²) >= 11 is 1.11. The number of anilines is 1. The van der Waals surface area contributed by atoms with Crippen LogP contribution in [0.2, 0.25) is 0 Å². The number of esters is 2. The van der Waals surface area contributed by atoms with Crippen LogP contribution in [0.4, 0.5) is 5.69 Å². The van der Waals surface area contributed by atoms with E-state index in [1.807, 2.05) is 0 Å². The molecule has 202 valence electrons. The summed E-state index contributed by atoms with van der Waals surface area (Å²) in [5.74, 6) is -1.99. The topological polar surface area (TPSA) is 146 Å². The fourth-order valence-electron chi connectivity index (χ4n) is 3.37. The highest BCUT2D eigenvalue weighted by Crippen LogP contribution is 2.32. The summed E-state index contributed by atoms with van der Waals surface area (Å²) < 4.78 is 49.7. The average molecular weight is 555 g/mol. The Morgan fingerprint density at radius 2 is 1.76 bits per heavy atom. The van der Waals surface area contributed by atoms with E-state index in [0.29, 0.717) is 36.7 Å². The van der Waals surface area contributed by atoms with E-state index in [4.69, 9.17) is 18.9 Å². The maximum Gasteiger partial charge on any atom is 0.350 e. The van der Waals surface area contributed by atoms with Crippen LogP contribution in [0.25, 0.3) is 0 Å². The molecule has 2 heterocycles. The van der Waals surface area contributed by atoms with Crippen LogP contribution in [0, 0.1) is 12.8 Å². The molecule has 2 aromatic rings. The van der Waals surface area contributed by atoms with E-state index in [1.54, 1.807) is 26.2 Å². The van der Waals surface area contributed by atoms with Crippen LogP contribution in [-0.2, 0) is 29.1 Å². The summed E-state index contributed by atoms with van der Waals surface area (Å²) in [4.78, 5) is 37.7. The normalized spacial score (nSPS) is 14.9. The number of nitrogens with one attached hydrogen (secondary N) is 2. The van der Waals surface area contributed by atoms with Gasteiger partial charge in [0.25, 0.3) is 5.91 Å². The van der Waals surface area contributed by atoms with Crippen molar-refractivity contribution in [2.45, 2.75) is 51.2 Å². The number of carbonyl (C=O) groups is 3. The lowest BCUT2D eigenvalue weighted by molar-refractivity contribution is -0.155. The van der Waals surface area contributed by atoms with Crippen LogP contribution in [0.5, 0.6) is 11.5 Å². The number of benzene rings is 1. The Bertz CT molecular complexity index is 1270. The van der Waals surface area contributed by atoms with E-state index in [-0.39, 0.29) is 15.5 Å². The Hall–Kier alpha value is -3.16. The number of rotatable bonds is 9. The van der Waals surface area contributed by atoms with Crippen molar-refractivity contribution in [2.24, 2.45) is 5.92 Å². The van der Waals surface area contributed by atoms with Crippen LogP contribution in [0.15, 0.2) is 28.5 Å². The first-order chi connectivity index (χ1) is 17.4. The molecular weight excluding hydrogens is 524 g/mol. The highest BCUT2D eigenvalue weighted by atomic mass is 32.2. The predicted molar refractivity (Wildman–Crippen MR) is 136 cm³/mol. The standard InChI is InChI=1S/C24H30N2O9S2/c1-13(2)19(26-37(30,31)16-7-8-17-18(11-16)34-10-6-9-33-17)23(28)35-15(4)22(27)25-20-14(3)12-36-21(20)24(29)32-5/h7-8,11-13,15,19,26H,6,9-10H2,1-5H3,(H,25,27). The molecule has 0 spiro atoms. The molecule has 0 bridgehead atoms. The first kappa shape index (κ1) is 28.4. The molecule has 0 fully saturated rings. The first-order valence-corrected chi connectivity index (χ1v) is 13.9. The van der Waals surface area contributed by atoms with Crippen molar-refractivity contribution in [3.63, 3.8) is 0 Å². The van der Waals surface area contributed by atoms with Gasteiger partial charge in [0.05, 0.1) is 30.9 Å². The lowest BCUT2D eigenvalue weighted by atomic mass is 10.1. The monoisotopic (exact) mass is 554 g/mol. The molecule has 0 radical (unpaired) electrons. The number of hydrogen-bond acceptors (Lipinski definition) is 10. The minimum Gasteiger partial charge on any atom is -0.490 e. The van der Waals surface area contributed by atoms with E-state index < -0.39 is 45.9 Å². The van der Waals surface area contributed by atoms with Crippen molar-refractivity contribution < 1.29 is 41.7 Å². The van der Waals surface area contributed by atoms with Gasteiger partial charge < -0.3 is 24.3 Å². The van der Waals surface area contributed by atoms with Gasteiger partial charge >= 0.3 is 11.9 Å². The zero-order chi connectivity index (χ0) is 27.3. The number of carbonyl (C=O) groups excluding carboxylic acids is 3. The molecule has 1 aliphatic rings. The zero-order valence-corrected chi connectivity index (χ0v) is 22.8. The number of amides is 1. The molecule has 11 nitrogen and oxygen atoms in total. The van der Waals surface area contributed by atoms with Gasteiger partial charge in [-0.2, -0.15) is 4.72 Å². The third-order valence-corrected chi connectivity index (χ3v) is 8.00. The maximum atomic E-state index is 13.1. The number of methoxy groups -OCH3 is 1. The SMILES string of the molecule is COC(=O)c1scc(C)c1NC(=O)C(C)OC(=O)C(NS(=O)(=O)c1ccc2c(c1)OCCCO2)C(C)C. The number of fused-ring (bicyclic) bond motifs is 1. The largest absolute Gasteiger partial charge is 0.490 e. The molecule has 2 atom stereocenters. The van der Waals surface area contributed by atoms with Crippen molar-refractivity contribution in [2.75, 3.05) is 25.6 Å². The van der Waals surface area contributed by atoms with Gasteiger partial charge in [-0.25, -0.2) is 13.2 Å². The van der Waals surface area contributed by atoms with Gasteiger partial charge in [-0.15, -0.1) is 11.3 Å². The Morgan fingerprint density at radius 3 is 2.41 bits per heavy atom. The molecule has 1 aliphatic heterocycles. The molecule has 0 aliphatic carbocycles. The summed E-state index contributed by atoms with van der Waals surface area (Å²) in [6.07, 6.45) is -0.612. The average Bonchev–Trinajstić information content (AvgIpc) is 3.05. The minimum absolute atomic E-state index is 0.107. The second-order valence-electron chi connectivity index (χ2n) is 8.68. The van der Waals surface area contributed by atoms with Crippen LogP contribution in [-0.4, -0.2) is 58.7 Å². The molecule has 2 N–H and O–H groups in total. The quantitative estimate of drug-likeness (QED) is 0.447. The van der Waals surface area contributed by atoms with Gasteiger partial charge in [0.15, 0.2) is 17.6 Å². The smallest absolute Gasteiger partial charge is 0.350 e. The lowest BCUT2D eigenvalue weighted by Gasteiger charge is -2.23. The van der Waals surface area contributed by atoms with E-state index >= 15 is 0 Å². The van der Waals surface area contributed by atoms with Gasteiger partial charge in [0.1, 0.15) is 10.9 Å². The Kier molecular flexibility index (Phi) is 9.16. The Labute approximate surface area is 219 Å². The fourth-order valence-corrected chi connectivity index (χ4v) is 5.64. The third-order valence-electron chi connectivity index (χ3n) is 5.49. The first-order valence-electron chi connectivity index (χ1n) is 11.5. The minimum atomic E-state index is -4.15. The van der Waals surface area contributed by atoms with Gasteiger partial charge in [-0.3, -0.25) is 9.59 Å². The lowest BCUT2D eigenvalue weighted by Crippen LogP contribution is -2.47. The van der Waals surface area contributed by atoms with Gasteiger partial charge in [0.2, 0.25) is 10.0 Å². The molecule has 3 rings (SSSR count). The summed E-state index contributed by atoms with van der Waals surface area (Å²) in [6, 6.07) is 2.92. The third kappa shape index (κ3) is 6.79. The van der Waals surface area contributed by atoms with Crippen LogP contribution in [0.1, 0.15) is 42.4 Å². The fraction of sp³-hybridized carbons (Fsp3) is 0.458. The van der Waals surface area contributed by atoms with E-state index in [9.17, 15) is 22.8 Å². The highest BCUT2D eigenvalue weighted by Gasteiger charge is 2.33. The van der Waals surface area contributed by atoms with Gasteiger partial charge in [0, 0.05) is 12.5 Å². The predicted octanol–water partition coefficient (Wildman–Crippen LogP) is 2.88. The van der Waals surface area contributed by atoms with Crippen molar-refractivity contribution in [3.05, 3.63) is 34.0 Å². The molecular formula is C24H30N2O9S2. The zero-order valence-electron chi connectivity index (χ0n) is 21.2. The van der Waals surface area contributed by atoms with E-state index in [1.165, 1.54) is 32.2 Å². The second-order valence-corrected chi connectivity index (χ2v) is 11.3. The van der Waals surface area contributed by atoms with E-state index in [0.717, 1.165) is 11.3 Å². The Balaban J connectivity index is 1.71. The van der Waals surface area contributed by atoms with Crippen molar-refractivity contribution in [1.82, 2.24) is 4.72 Å². The van der Waals surface area contributed by atoms with Crippen molar-refractivity contribution in [3.8, 4) is 11.5 Å². The van der Waals surface area contributed by atoms with Crippen LogP contribution >= 0.6 is 11.3 Å². The van der Waals surface area contributed by atoms with Crippen molar-refractivity contribution >= 4 is 44.9 Å². The Morgan fingerprint density at radius 1 is 1.08 bits per heavy atom. The number of ether oxygens (including phenoxy) is 4. The molecule has 13 heteroatoms. The van der Waals surface area contributed by atoms with Gasteiger partial charge in [-0.1, -0.05) is 13.8 Å². The van der Waals surface area contributed by atoms with Crippen LogP contribution in [0.3, 0.4) is 0 Å². The van der Waals surface area contributed by atoms with Crippen molar-refractivity contribution in [1.29, 1.82) is 0 Å². The summed E-state index contributed by atoms with van der Waals surface area (Å²) in [6.45, 7) is 7.19. The molecule has 0 saturated heterocycles. The second kappa shape index (κ2) is 11.9. The highest BCUT2D eigenvalue weighted by molar-refractivity contribution is 7.89. The van der Waals surface area contributed by atoms with E-state index in [2.05, 4.69) is 10.0 Å². The molecule has 1 aromatic heterocycles. The van der Waals surface area contributed by atoms with Crippen LogP contribution < -0.4 is 19.5 Å². The summed E-state index contributed by atoms with van der Waals surface area (Å²) in [7, 11) is -2.92. The number of aryl methyl sites for hydroxylation is 1. The summed E-state index contributed by atoms with van der Waals surface area (Å²) in [5, 5.41) is 4.27. The molecule has 1 aromatic carbocycles. The molecule has 37 heavy (non-hydrogen) atoms. The molecule has 2 unspecified atom stereocenters. The molecule has 0 saturated carbocycles. The number of sulfonamides is 1. The number of thiophene rings is 1. The summed E-state index contributed by atoms with van der Waals surface area (Å²) in [5.41, 5.74) is 0.903. The molecule has 1 amide bonds. The maximum absolute atomic E-state index is 13.1. The van der Waals surface area contributed by atoms with Gasteiger partial charge in [-0.05, 0) is 42.8 Å². The number of hydrogen-bond donors (Lipinski definition) is 2.